The molecule has 0 atom stereocenters. The van der Waals surface area contributed by atoms with Crippen molar-refractivity contribution in [3.8, 4) is 0 Å². The molecular weight excluding hydrogens is 124 g/mol. The summed E-state index contributed by atoms with van der Waals surface area (Å²) < 4.78 is 0. The van der Waals surface area contributed by atoms with Crippen molar-refractivity contribution in [2.24, 2.45) is 11.7 Å². The van der Waals surface area contributed by atoms with E-state index in [0.29, 0.717) is 11.9 Å². The SMILES string of the molecule is C=C(N)N[C@H]1C[C@H](CC)C1. The smallest absolute Gasteiger partial charge is 0.0888 e. The molecule has 1 aliphatic carbocycles. The van der Waals surface area contributed by atoms with Crippen molar-refractivity contribution in [2.45, 2.75) is 32.2 Å². The summed E-state index contributed by atoms with van der Waals surface area (Å²) in [4.78, 5) is 0. The fourth-order valence-corrected chi connectivity index (χ4v) is 1.45. The molecule has 1 aliphatic rings. The zero-order valence-electron chi connectivity index (χ0n) is 6.56. The van der Waals surface area contributed by atoms with Crippen LogP contribution in [-0.2, 0) is 0 Å². The van der Waals surface area contributed by atoms with Gasteiger partial charge >= 0.3 is 0 Å². The lowest BCUT2D eigenvalue weighted by Crippen LogP contribution is -2.41. The van der Waals surface area contributed by atoms with E-state index >= 15 is 0 Å². The van der Waals surface area contributed by atoms with Crippen LogP contribution in [0.1, 0.15) is 26.2 Å². The van der Waals surface area contributed by atoms with E-state index in [0.717, 1.165) is 5.92 Å². The van der Waals surface area contributed by atoms with Gasteiger partial charge in [0.05, 0.1) is 5.82 Å². The summed E-state index contributed by atoms with van der Waals surface area (Å²) >= 11 is 0. The molecule has 58 valence electrons. The minimum atomic E-state index is 0.611. The van der Waals surface area contributed by atoms with Crippen molar-refractivity contribution in [3.05, 3.63) is 12.4 Å². The quantitative estimate of drug-likeness (QED) is 0.618. The molecule has 0 amide bonds. The molecule has 10 heavy (non-hydrogen) atoms. The molecule has 1 fully saturated rings. The van der Waals surface area contributed by atoms with Crippen molar-refractivity contribution < 1.29 is 0 Å². The first-order valence-corrected chi connectivity index (χ1v) is 3.93. The summed E-state index contributed by atoms with van der Waals surface area (Å²) in [7, 11) is 0. The minimum Gasteiger partial charge on any atom is -0.386 e. The van der Waals surface area contributed by atoms with E-state index in [1.807, 2.05) is 0 Å². The van der Waals surface area contributed by atoms with Crippen LogP contribution in [0.25, 0.3) is 0 Å². The molecule has 0 saturated heterocycles. The number of nitrogens with two attached hydrogens (primary N) is 1. The third-order valence-electron chi connectivity index (χ3n) is 2.20. The van der Waals surface area contributed by atoms with Crippen LogP contribution in [0.15, 0.2) is 12.4 Å². The average Bonchev–Trinajstić information content (AvgIpc) is 1.76. The minimum absolute atomic E-state index is 0.611. The lowest BCUT2D eigenvalue weighted by molar-refractivity contribution is 0.229. The Balaban J connectivity index is 2.08. The third kappa shape index (κ3) is 1.66. The van der Waals surface area contributed by atoms with E-state index in [9.17, 15) is 0 Å². The zero-order chi connectivity index (χ0) is 7.56. The van der Waals surface area contributed by atoms with Crippen molar-refractivity contribution in [2.75, 3.05) is 0 Å². The number of hydrogen-bond donors (Lipinski definition) is 2. The summed E-state index contributed by atoms with van der Waals surface area (Å²) in [6.45, 7) is 5.83. The predicted octanol–water partition coefficient (Wildman–Crippen LogP) is 1.19. The second kappa shape index (κ2) is 2.95. The number of rotatable bonds is 3. The van der Waals surface area contributed by atoms with E-state index in [1.54, 1.807) is 0 Å². The fourth-order valence-electron chi connectivity index (χ4n) is 1.45. The van der Waals surface area contributed by atoms with E-state index in [4.69, 9.17) is 5.73 Å². The standard InChI is InChI=1S/C8H16N2/c1-3-7-4-8(5-7)10-6(2)9/h7-8,10H,2-5,9H2,1H3/t7-,8-. The van der Waals surface area contributed by atoms with Crippen molar-refractivity contribution in [1.82, 2.24) is 5.32 Å². The molecule has 0 aromatic rings. The molecule has 0 spiro atoms. The largest absolute Gasteiger partial charge is 0.386 e. The monoisotopic (exact) mass is 140 g/mol. The molecule has 0 heterocycles. The van der Waals surface area contributed by atoms with Crippen LogP contribution in [0, 0.1) is 5.92 Å². The van der Waals surface area contributed by atoms with Crippen molar-refractivity contribution >= 4 is 0 Å². The molecule has 1 saturated carbocycles. The Morgan fingerprint density at radius 3 is 2.70 bits per heavy atom. The summed E-state index contributed by atoms with van der Waals surface area (Å²) in [5.74, 6) is 1.54. The van der Waals surface area contributed by atoms with Crippen LogP contribution >= 0.6 is 0 Å². The van der Waals surface area contributed by atoms with Gasteiger partial charge in [0.15, 0.2) is 0 Å². The molecule has 3 N–H and O–H groups in total. The van der Waals surface area contributed by atoms with Crippen LogP contribution < -0.4 is 11.1 Å². The normalized spacial score (nSPS) is 30.9. The maximum Gasteiger partial charge on any atom is 0.0888 e. The molecule has 0 aromatic carbocycles. The second-order valence-corrected chi connectivity index (χ2v) is 3.11. The molecular formula is C8H16N2. The van der Waals surface area contributed by atoms with Gasteiger partial charge < -0.3 is 11.1 Å². The molecule has 1 rings (SSSR count). The molecule has 0 radical (unpaired) electrons. The number of hydrogen-bond acceptors (Lipinski definition) is 2. The van der Waals surface area contributed by atoms with Gasteiger partial charge in [-0.15, -0.1) is 0 Å². The van der Waals surface area contributed by atoms with Crippen LogP contribution in [0.4, 0.5) is 0 Å². The van der Waals surface area contributed by atoms with Crippen LogP contribution in [0.2, 0.25) is 0 Å². The predicted molar refractivity (Wildman–Crippen MR) is 43.3 cm³/mol. The topological polar surface area (TPSA) is 38.0 Å². The Labute approximate surface area is 62.5 Å². The lowest BCUT2D eigenvalue weighted by atomic mass is 9.79. The fraction of sp³-hybridized carbons (Fsp3) is 0.750. The summed E-state index contributed by atoms with van der Waals surface area (Å²) in [6, 6.07) is 0.613. The maximum atomic E-state index is 5.38. The molecule has 0 bridgehead atoms. The Hall–Kier alpha value is -0.660. The van der Waals surface area contributed by atoms with Crippen LogP contribution in [0.3, 0.4) is 0 Å². The van der Waals surface area contributed by atoms with Crippen LogP contribution in [0.5, 0.6) is 0 Å². The Kier molecular flexibility index (Phi) is 2.20. The highest BCUT2D eigenvalue weighted by Gasteiger charge is 2.26. The van der Waals surface area contributed by atoms with Gasteiger partial charge in [0, 0.05) is 6.04 Å². The van der Waals surface area contributed by atoms with Gasteiger partial charge in [0.25, 0.3) is 0 Å². The molecule has 2 nitrogen and oxygen atoms in total. The van der Waals surface area contributed by atoms with Gasteiger partial charge in [-0.1, -0.05) is 19.9 Å². The Morgan fingerprint density at radius 1 is 1.70 bits per heavy atom. The zero-order valence-corrected chi connectivity index (χ0v) is 6.56. The lowest BCUT2D eigenvalue weighted by Gasteiger charge is -2.35. The first-order valence-electron chi connectivity index (χ1n) is 3.93. The highest BCUT2D eigenvalue weighted by Crippen LogP contribution is 2.29. The summed E-state index contributed by atoms with van der Waals surface area (Å²) in [5.41, 5.74) is 5.38. The average molecular weight is 140 g/mol. The summed E-state index contributed by atoms with van der Waals surface area (Å²) in [6.07, 6.45) is 3.84. The molecule has 0 unspecified atom stereocenters. The summed E-state index contributed by atoms with van der Waals surface area (Å²) in [5, 5.41) is 3.13. The van der Waals surface area contributed by atoms with E-state index in [1.165, 1.54) is 19.3 Å². The third-order valence-corrected chi connectivity index (χ3v) is 2.20. The highest BCUT2D eigenvalue weighted by atomic mass is 15.0. The highest BCUT2D eigenvalue weighted by molar-refractivity contribution is 4.93. The first kappa shape index (κ1) is 7.45. The Morgan fingerprint density at radius 2 is 2.30 bits per heavy atom. The maximum absolute atomic E-state index is 5.38. The van der Waals surface area contributed by atoms with Gasteiger partial charge in [-0.25, -0.2) is 0 Å². The van der Waals surface area contributed by atoms with Crippen LogP contribution in [-0.4, -0.2) is 6.04 Å². The van der Waals surface area contributed by atoms with Gasteiger partial charge in [0.1, 0.15) is 0 Å². The second-order valence-electron chi connectivity index (χ2n) is 3.11. The Bertz CT molecular complexity index is 125. The molecule has 0 aromatic heterocycles. The van der Waals surface area contributed by atoms with Gasteiger partial charge in [-0.05, 0) is 18.8 Å². The van der Waals surface area contributed by atoms with Crippen molar-refractivity contribution in [3.63, 3.8) is 0 Å². The van der Waals surface area contributed by atoms with Crippen molar-refractivity contribution in [1.29, 1.82) is 0 Å². The van der Waals surface area contributed by atoms with E-state index in [2.05, 4.69) is 18.8 Å². The van der Waals surface area contributed by atoms with Gasteiger partial charge in [-0.2, -0.15) is 0 Å². The van der Waals surface area contributed by atoms with Gasteiger partial charge in [-0.3, -0.25) is 0 Å². The molecule has 0 aliphatic heterocycles. The van der Waals surface area contributed by atoms with Gasteiger partial charge in [0.2, 0.25) is 0 Å². The first-order chi connectivity index (χ1) is 4.72. The van der Waals surface area contributed by atoms with E-state index < -0.39 is 0 Å². The number of nitrogens with one attached hydrogen (secondary N) is 1. The van der Waals surface area contributed by atoms with E-state index in [-0.39, 0.29) is 0 Å². The molecule has 2 heteroatoms.